The molecule has 1 aromatic rings. The van der Waals surface area contributed by atoms with E-state index in [2.05, 4.69) is 9.97 Å². The van der Waals surface area contributed by atoms with Crippen LogP contribution in [0.1, 0.15) is 26.7 Å². The number of aromatic nitrogens is 2. The zero-order valence-corrected chi connectivity index (χ0v) is 10.8. The molecule has 0 aromatic carbocycles. The minimum atomic E-state index is 0.0160. The summed E-state index contributed by atoms with van der Waals surface area (Å²) in [7, 11) is 0. The van der Waals surface area contributed by atoms with Crippen molar-refractivity contribution >= 4 is 11.5 Å². The summed E-state index contributed by atoms with van der Waals surface area (Å²) in [5.41, 5.74) is 6.51. The third-order valence-corrected chi connectivity index (χ3v) is 3.03. The van der Waals surface area contributed by atoms with Gasteiger partial charge in [0.05, 0.1) is 18.8 Å². The highest BCUT2D eigenvalue weighted by Gasteiger charge is 2.27. The maximum atomic E-state index is 9.35. The van der Waals surface area contributed by atoms with Gasteiger partial charge in [0.2, 0.25) is 5.88 Å². The normalized spacial score (nSPS) is 19.6. The minimum Gasteiger partial charge on any atom is -0.473 e. The van der Waals surface area contributed by atoms with Crippen LogP contribution in [0, 0.1) is 0 Å². The molecule has 0 bridgehead atoms. The molecule has 2 heterocycles. The average Bonchev–Trinajstić information content (AvgIpc) is 2.79. The lowest BCUT2D eigenvalue weighted by atomic mass is 10.2. The van der Waals surface area contributed by atoms with E-state index in [0.29, 0.717) is 17.4 Å². The van der Waals surface area contributed by atoms with Crippen molar-refractivity contribution in [2.45, 2.75) is 38.8 Å². The fourth-order valence-electron chi connectivity index (χ4n) is 2.22. The number of anilines is 2. The largest absolute Gasteiger partial charge is 0.473 e. The van der Waals surface area contributed by atoms with E-state index in [9.17, 15) is 5.11 Å². The number of ether oxygens (including phenoxy) is 1. The van der Waals surface area contributed by atoms with E-state index in [1.165, 1.54) is 6.33 Å². The van der Waals surface area contributed by atoms with Gasteiger partial charge >= 0.3 is 0 Å². The molecule has 1 fully saturated rings. The van der Waals surface area contributed by atoms with Crippen molar-refractivity contribution in [3.8, 4) is 5.88 Å². The van der Waals surface area contributed by atoms with Gasteiger partial charge < -0.3 is 20.5 Å². The lowest BCUT2D eigenvalue weighted by Gasteiger charge is -2.25. The highest BCUT2D eigenvalue weighted by atomic mass is 16.5. The summed E-state index contributed by atoms with van der Waals surface area (Å²) in [4.78, 5) is 10.3. The van der Waals surface area contributed by atoms with Crippen LogP contribution in [0.2, 0.25) is 0 Å². The Hall–Kier alpha value is -1.56. The van der Waals surface area contributed by atoms with E-state index in [4.69, 9.17) is 10.5 Å². The Bertz CT molecular complexity index is 411. The van der Waals surface area contributed by atoms with Crippen LogP contribution >= 0.6 is 0 Å². The second-order valence-electron chi connectivity index (χ2n) is 4.75. The van der Waals surface area contributed by atoms with Gasteiger partial charge in [0.1, 0.15) is 12.0 Å². The molecule has 18 heavy (non-hydrogen) atoms. The maximum Gasteiger partial charge on any atom is 0.242 e. The Morgan fingerprint density at radius 1 is 1.56 bits per heavy atom. The Labute approximate surface area is 107 Å². The molecule has 6 heteroatoms. The molecule has 100 valence electrons. The topological polar surface area (TPSA) is 84.5 Å². The molecule has 0 amide bonds. The maximum absolute atomic E-state index is 9.35. The zero-order valence-electron chi connectivity index (χ0n) is 10.8. The fourth-order valence-corrected chi connectivity index (χ4v) is 2.22. The van der Waals surface area contributed by atoms with E-state index >= 15 is 0 Å². The summed E-state index contributed by atoms with van der Waals surface area (Å²) in [5, 5.41) is 9.35. The van der Waals surface area contributed by atoms with Gasteiger partial charge in [0.15, 0.2) is 5.82 Å². The van der Waals surface area contributed by atoms with Crippen LogP contribution in [0.3, 0.4) is 0 Å². The smallest absolute Gasteiger partial charge is 0.242 e. The minimum absolute atomic E-state index is 0.0160. The fraction of sp³-hybridized carbons (Fsp3) is 0.667. The molecular weight excluding hydrogens is 232 g/mol. The molecule has 0 radical (unpaired) electrons. The van der Waals surface area contributed by atoms with Crippen molar-refractivity contribution < 1.29 is 9.84 Å². The lowest BCUT2D eigenvalue weighted by molar-refractivity contribution is 0.233. The van der Waals surface area contributed by atoms with Gasteiger partial charge in [-0.15, -0.1) is 0 Å². The Morgan fingerprint density at radius 3 is 3.00 bits per heavy atom. The van der Waals surface area contributed by atoms with Gasteiger partial charge in [-0.1, -0.05) is 0 Å². The van der Waals surface area contributed by atoms with Crippen LogP contribution < -0.4 is 15.4 Å². The zero-order chi connectivity index (χ0) is 13.1. The first-order valence-corrected chi connectivity index (χ1v) is 6.28. The van der Waals surface area contributed by atoms with Gasteiger partial charge in [-0.05, 0) is 26.7 Å². The molecule has 1 aliphatic heterocycles. The third-order valence-electron chi connectivity index (χ3n) is 3.03. The quantitative estimate of drug-likeness (QED) is 0.824. The van der Waals surface area contributed by atoms with E-state index in [-0.39, 0.29) is 18.8 Å². The Balaban J connectivity index is 2.27. The standard InChI is InChI=1S/C12H20N4O2/c1-8(2)18-12-10(13)11(14-7-15-12)16-5-3-4-9(16)6-17/h7-9,17H,3-6,13H2,1-2H3. The third kappa shape index (κ3) is 2.48. The van der Waals surface area contributed by atoms with Gasteiger partial charge in [-0.25, -0.2) is 4.98 Å². The second kappa shape index (κ2) is 5.39. The van der Waals surface area contributed by atoms with Crippen molar-refractivity contribution in [3.63, 3.8) is 0 Å². The van der Waals surface area contributed by atoms with Gasteiger partial charge in [0, 0.05) is 6.54 Å². The number of nitrogens with zero attached hydrogens (tertiary/aromatic N) is 3. The Morgan fingerprint density at radius 2 is 2.33 bits per heavy atom. The number of hydrogen-bond acceptors (Lipinski definition) is 6. The number of aliphatic hydroxyl groups is 1. The molecule has 0 aliphatic carbocycles. The highest BCUT2D eigenvalue weighted by molar-refractivity contribution is 5.68. The predicted octanol–water partition coefficient (Wildman–Crippen LogP) is 0.807. The molecule has 6 nitrogen and oxygen atoms in total. The van der Waals surface area contributed by atoms with E-state index in [1.54, 1.807) is 0 Å². The number of rotatable bonds is 4. The first kappa shape index (κ1) is 12.9. The van der Waals surface area contributed by atoms with E-state index < -0.39 is 0 Å². The van der Waals surface area contributed by atoms with Crippen molar-refractivity contribution in [3.05, 3.63) is 6.33 Å². The summed E-state index contributed by atoms with van der Waals surface area (Å²) in [5.74, 6) is 1.08. The molecule has 1 unspecified atom stereocenters. The van der Waals surface area contributed by atoms with E-state index in [1.807, 2.05) is 18.7 Å². The van der Waals surface area contributed by atoms with Crippen molar-refractivity contribution in [2.24, 2.45) is 0 Å². The van der Waals surface area contributed by atoms with Crippen LogP contribution in [-0.2, 0) is 0 Å². The van der Waals surface area contributed by atoms with Crippen molar-refractivity contribution in [1.82, 2.24) is 9.97 Å². The molecule has 1 aromatic heterocycles. The van der Waals surface area contributed by atoms with Crippen LogP contribution in [0.25, 0.3) is 0 Å². The molecule has 1 atom stereocenters. The SMILES string of the molecule is CC(C)Oc1ncnc(N2CCCC2CO)c1N. The van der Waals surface area contributed by atoms with Crippen LogP contribution in [0.5, 0.6) is 5.88 Å². The van der Waals surface area contributed by atoms with Crippen LogP contribution in [-0.4, -0.2) is 40.4 Å². The second-order valence-corrected chi connectivity index (χ2v) is 4.75. The van der Waals surface area contributed by atoms with Gasteiger partial charge in [-0.2, -0.15) is 4.98 Å². The summed E-state index contributed by atoms with van der Waals surface area (Å²) in [6.07, 6.45) is 3.47. The number of nitrogen functional groups attached to an aromatic ring is 1. The van der Waals surface area contributed by atoms with Crippen LogP contribution in [0.15, 0.2) is 6.33 Å². The highest BCUT2D eigenvalue weighted by Crippen LogP contribution is 2.32. The summed E-state index contributed by atoms with van der Waals surface area (Å²) >= 11 is 0. The summed E-state index contributed by atoms with van der Waals surface area (Å²) < 4.78 is 5.55. The van der Waals surface area contributed by atoms with Gasteiger partial charge in [0.25, 0.3) is 0 Å². The van der Waals surface area contributed by atoms with Crippen LogP contribution in [0.4, 0.5) is 11.5 Å². The van der Waals surface area contributed by atoms with Crippen molar-refractivity contribution in [1.29, 1.82) is 0 Å². The first-order valence-electron chi connectivity index (χ1n) is 6.28. The van der Waals surface area contributed by atoms with Gasteiger partial charge in [-0.3, -0.25) is 0 Å². The molecule has 1 aliphatic rings. The first-order chi connectivity index (χ1) is 8.63. The molecule has 1 saturated heterocycles. The molecule has 3 N–H and O–H groups in total. The molecular formula is C12H20N4O2. The molecule has 0 saturated carbocycles. The lowest BCUT2D eigenvalue weighted by Crippen LogP contribution is -2.33. The average molecular weight is 252 g/mol. The molecule has 0 spiro atoms. The summed E-state index contributed by atoms with van der Waals surface area (Å²) in [6.45, 7) is 4.82. The number of nitrogens with two attached hydrogens (primary N) is 1. The van der Waals surface area contributed by atoms with E-state index in [0.717, 1.165) is 19.4 Å². The summed E-state index contributed by atoms with van der Waals surface area (Å²) in [6, 6.07) is 0.0918. The monoisotopic (exact) mass is 252 g/mol. The molecule has 2 rings (SSSR count). The Kier molecular flexibility index (Phi) is 3.86. The number of aliphatic hydroxyl groups excluding tert-OH is 1. The van der Waals surface area contributed by atoms with Crippen molar-refractivity contribution in [2.75, 3.05) is 23.8 Å². The predicted molar refractivity (Wildman–Crippen MR) is 69.7 cm³/mol. The number of hydrogen-bond donors (Lipinski definition) is 2.